The molecule has 1 aliphatic rings. The zero-order chi connectivity index (χ0) is 9.85. The van der Waals surface area contributed by atoms with E-state index in [0.717, 1.165) is 5.69 Å². The first-order valence-electron chi connectivity index (χ1n) is 4.59. The van der Waals surface area contributed by atoms with Gasteiger partial charge in [0.1, 0.15) is 0 Å². The minimum atomic E-state index is 0.302. The Bertz CT molecular complexity index is 324. The predicted octanol–water partition coefficient (Wildman–Crippen LogP) is 2.41. The normalized spacial score (nSPS) is 24.6. The first-order chi connectivity index (χ1) is 5.87. The summed E-state index contributed by atoms with van der Waals surface area (Å²) in [5.41, 5.74) is 7.09. The third kappa shape index (κ3) is 0.929. The lowest BCUT2D eigenvalue weighted by atomic mass is 10.0. The second kappa shape index (κ2) is 2.08. The maximum atomic E-state index is 5.49. The topological polar surface area (TPSA) is 52.0 Å². The second-order valence-electron chi connectivity index (χ2n) is 5.03. The van der Waals surface area contributed by atoms with Gasteiger partial charge in [-0.15, -0.1) is 0 Å². The van der Waals surface area contributed by atoms with Crippen LogP contribution in [0.1, 0.15) is 39.3 Å². The lowest BCUT2D eigenvalue weighted by molar-refractivity contribution is 0.423. The van der Waals surface area contributed by atoms with Crippen LogP contribution < -0.4 is 5.73 Å². The second-order valence-corrected chi connectivity index (χ2v) is 5.03. The monoisotopic (exact) mass is 180 g/mol. The SMILES string of the molecule is CC1(C)C(c2cc(N)on2)C1(C)C. The molecule has 72 valence electrons. The lowest BCUT2D eigenvalue weighted by Crippen LogP contribution is -1.95. The van der Waals surface area contributed by atoms with E-state index >= 15 is 0 Å². The Morgan fingerprint density at radius 1 is 1.31 bits per heavy atom. The van der Waals surface area contributed by atoms with Gasteiger partial charge in [0.2, 0.25) is 5.88 Å². The first-order valence-corrected chi connectivity index (χ1v) is 4.59. The van der Waals surface area contributed by atoms with Gasteiger partial charge in [0.25, 0.3) is 0 Å². The first kappa shape index (κ1) is 8.60. The van der Waals surface area contributed by atoms with E-state index in [4.69, 9.17) is 10.3 Å². The van der Waals surface area contributed by atoms with Crippen LogP contribution in [0.5, 0.6) is 0 Å². The van der Waals surface area contributed by atoms with Crippen LogP contribution in [-0.2, 0) is 0 Å². The molecule has 1 fully saturated rings. The number of hydrogen-bond donors (Lipinski definition) is 1. The summed E-state index contributed by atoms with van der Waals surface area (Å²) < 4.78 is 4.88. The molecule has 0 unspecified atom stereocenters. The van der Waals surface area contributed by atoms with Crippen LogP contribution in [-0.4, -0.2) is 5.16 Å². The summed E-state index contributed by atoms with van der Waals surface area (Å²) in [6.45, 7) is 9.01. The molecule has 2 rings (SSSR count). The molecular formula is C10H16N2O. The van der Waals surface area contributed by atoms with Gasteiger partial charge in [-0.05, 0) is 10.8 Å². The fourth-order valence-corrected chi connectivity index (χ4v) is 2.38. The van der Waals surface area contributed by atoms with Crippen molar-refractivity contribution in [3.8, 4) is 0 Å². The number of anilines is 1. The number of aromatic nitrogens is 1. The van der Waals surface area contributed by atoms with Crippen molar-refractivity contribution in [1.82, 2.24) is 5.16 Å². The highest BCUT2D eigenvalue weighted by molar-refractivity contribution is 5.35. The van der Waals surface area contributed by atoms with Crippen molar-refractivity contribution in [3.63, 3.8) is 0 Å². The number of rotatable bonds is 1. The Hall–Kier alpha value is -0.990. The Morgan fingerprint density at radius 3 is 2.15 bits per heavy atom. The van der Waals surface area contributed by atoms with Crippen molar-refractivity contribution in [3.05, 3.63) is 11.8 Å². The van der Waals surface area contributed by atoms with Crippen molar-refractivity contribution in [2.75, 3.05) is 5.73 Å². The van der Waals surface area contributed by atoms with Gasteiger partial charge in [-0.3, -0.25) is 0 Å². The highest BCUT2D eigenvalue weighted by Gasteiger charge is 2.66. The molecule has 0 aliphatic heterocycles. The van der Waals surface area contributed by atoms with Gasteiger partial charge < -0.3 is 10.3 Å². The maximum absolute atomic E-state index is 5.49. The number of nitrogens with two attached hydrogens (primary N) is 1. The summed E-state index contributed by atoms with van der Waals surface area (Å²) in [6, 6.07) is 1.83. The summed E-state index contributed by atoms with van der Waals surface area (Å²) in [4.78, 5) is 0. The third-order valence-corrected chi connectivity index (χ3v) is 3.86. The average molecular weight is 180 g/mol. The largest absolute Gasteiger partial charge is 0.368 e. The van der Waals surface area contributed by atoms with Gasteiger partial charge >= 0.3 is 0 Å². The third-order valence-electron chi connectivity index (χ3n) is 3.86. The fourth-order valence-electron chi connectivity index (χ4n) is 2.38. The van der Waals surface area contributed by atoms with E-state index in [2.05, 4.69) is 32.9 Å². The molecule has 0 radical (unpaired) electrons. The maximum Gasteiger partial charge on any atom is 0.222 e. The molecule has 0 atom stereocenters. The van der Waals surface area contributed by atoms with Gasteiger partial charge in [0.15, 0.2) is 0 Å². The van der Waals surface area contributed by atoms with Crippen molar-refractivity contribution < 1.29 is 4.52 Å². The molecule has 3 nitrogen and oxygen atoms in total. The van der Waals surface area contributed by atoms with E-state index in [9.17, 15) is 0 Å². The Kier molecular flexibility index (Phi) is 1.38. The van der Waals surface area contributed by atoms with Crippen LogP contribution in [0.4, 0.5) is 5.88 Å². The molecule has 1 saturated carbocycles. The van der Waals surface area contributed by atoms with Crippen LogP contribution in [0.25, 0.3) is 0 Å². The summed E-state index contributed by atoms with van der Waals surface area (Å²) in [6.07, 6.45) is 0. The molecule has 0 aromatic carbocycles. The van der Waals surface area contributed by atoms with Gasteiger partial charge in [-0.1, -0.05) is 32.9 Å². The van der Waals surface area contributed by atoms with Crippen LogP contribution in [0.3, 0.4) is 0 Å². The van der Waals surface area contributed by atoms with E-state index in [1.165, 1.54) is 0 Å². The summed E-state index contributed by atoms with van der Waals surface area (Å²) in [5.74, 6) is 0.884. The fraction of sp³-hybridized carbons (Fsp3) is 0.700. The number of hydrogen-bond acceptors (Lipinski definition) is 3. The smallest absolute Gasteiger partial charge is 0.222 e. The van der Waals surface area contributed by atoms with Gasteiger partial charge in [0.05, 0.1) is 5.69 Å². The molecule has 1 aliphatic carbocycles. The zero-order valence-electron chi connectivity index (χ0n) is 8.59. The van der Waals surface area contributed by atoms with Crippen LogP contribution in [0.2, 0.25) is 0 Å². The van der Waals surface area contributed by atoms with Gasteiger partial charge in [-0.25, -0.2) is 0 Å². The van der Waals surface area contributed by atoms with E-state index in [0.29, 0.717) is 22.6 Å². The molecule has 3 heteroatoms. The van der Waals surface area contributed by atoms with Gasteiger partial charge in [-0.2, -0.15) is 0 Å². The van der Waals surface area contributed by atoms with Crippen molar-refractivity contribution in [2.24, 2.45) is 10.8 Å². The molecule has 13 heavy (non-hydrogen) atoms. The highest BCUT2D eigenvalue weighted by atomic mass is 16.5. The molecule has 0 bridgehead atoms. The molecular weight excluding hydrogens is 164 g/mol. The molecule has 1 aromatic rings. The minimum Gasteiger partial charge on any atom is -0.368 e. The van der Waals surface area contributed by atoms with E-state index in [1.54, 1.807) is 0 Å². The van der Waals surface area contributed by atoms with Crippen LogP contribution in [0, 0.1) is 10.8 Å². The molecule has 1 aromatic heterocycles. The summed E-state index contributed by atoms with van der Waals surface area (Å²) in [7, 11) is 0. The Morgan fingerprint density at radius 2 is 1.85 bits per heavy atom. The van der Waals surface area contributed by atoms with Crippen molar-refractivity contribution in [2.45, 2.75) is 33.6 Å². The predicted molar refractivity (Wildman–Crippen MR) is 51.2 cm³/mol. The standard InChI is InChI=1S/C10H16N2O/c1-9(2)8(10(9,3)4)6-5-7(11)13-12-6/h5,8H,11H2,1-4H3. The minimum absolute atomic E-state index is 0.302. The molecule has 0 amide bonds. The Labute approximate surface area is 78.3 Å². The summed E-state index contributed by atoms with van der Waals surface area (Å²) in [5, 5.41) is 3.97. The van der Waals surface area contributed by atoms with E-state index < -0.39 is 0 Å². The van der Waals surface area contributed by atoms with Crippen LogP contribution in [0.15, 0.2) is 10.6 Å². The number of nitrogens with zero attached hydrogens (tertiary/aromatic N) is 1. The van der Waals surface area contributed by atoms with E-state index in [-0.39, 0.29) is 0 Å². The van der Waals surface area contributed by atoms with Crippen molar-refractivity contribution >= 4 is 5.88 Å². The molecule has 2 N–H and O–H groups in total. The van der Waals surface area contributed by atoms with Crippen LogP contribution >= 0.6 is 0 Å². The van der Waals surface area contributed by atoms with Crippen molar-refractivity contribution in [1.29, 1.82) is 0 Å². The quantitative estimate of drug-likeness (QED) is 0.722. The zero-order valence-corrected chi connectivity index (χ0v) is 8.59. The van der Waals surface area contributed by atoms with Gasteiger partial charge in [0, 0.05) is 12.0 Å². The summed E-state index contributed by atoms with van der Waals surface area (Å²) >= 11 is 0. The van der Waals surface area contributed by atoms with E-state index in [1.807, 2.05) is 6.07 Å². The lowest BCUT2D eigenvalue weighted by Gasteiger charge is -2.03. The number of nitrogen functional groups attached to an aromatic ring is 1. The molecule has 0 saturated heterocycles. The molecule has 1 heterocycles. The Balaban J connectivity index is 2.32. The average Bonchev–Trinajstić information content (AvgIpc) is 2.32. The molecule has 0 spiro atoms. The highest BCUT2D eigenvalue weighted by Crippen LogP contribution is 2.73.